The van der Waals surface area contributed by atoms with Gasteiger partial charge in [-0.3, -0.25) is 4.79 Å². The Labute approximate surface area is 197 Å². The highest BCUT2D eigenvalue weighted by atomic mass is 19.1. The van der Waals surface area contributed by atoms with Crippen molar-refractivity contribution < 1.29 is 32.7 Å². The van der Waals surface area contributed by atoms with Crippen LogP contribution in [0.3, 0.4) is 0 Å². The Bertz CT molecular complexity index is 1610. The number of carboxylic acids is 1. The van der Waals surface area contributed by atoms with Crippen LogP contribution < -0.4 is 0 Å². The summed E-state index contributed by atoms with van der Waals surface area (Å²) in [6.07, 6.45) is 7.62. The van der Waals surface area contributed by atoms with Gasteiger partial charge in [0.15, 0.2) is 5.78 Å². The summed E-state index contributed by atoms with van der Waals surface area (Å²) in [6.45, 7) is -0.248. The number of aromatic nitrogens is 1. The lowest BCUT2D eigenvalue weighted by molar-refractivity contribution is -0.113. The van der Waals surface area contributed by atoms with Crippen molar-refractivity contribution in [2.45, 2.75) is 13.0 Å². The van der Waals surface area contributed by atoms with Crippen LogP contribution in [0.2, 0.25) is 0 Å². The van der Waals surface area contributed by atoms with E-state index in [4.69, 9.17) is 4.42 Å². The molecule has 0 amide bonds. The van der Waals surface area contributed by atoms with E-state index in [-0.39, 0.29) is 63.0 Å². The molecular formula is C26H18F2N2O5. The highest BCUT2D eigenvalue weighted by molar-refractivity contribution is 6.29. The van der Waals surface area contributed by atoms with E-state index in [2.05, 4.69) is 9.99 Å². The van der Waals surface area contributed by atoms with Crippen molar-refractivity contribution in [3.8, 4) is 0 Å². The number of ketones is 1. The zero-order valence-electron chi connectivity index (χ0n) is 18.4. The number of fused-ring (bicyclic) bond motifs is 3. The fourth-order valence-electron chi connectivity index (χ4n) is 4.40. The molecule has 1 N–H and O–H groups in total. The number of carbonyl (C=O) groups is 2. The van der Waals surface area contributed by atoms with Gasteiger partial charge in [-0.1, -0.05) is 29.5 Å². The summed E-state index contributed by atoms with van der Waals surface area (Å²) in [6, 6.07) is 6.82. The number of carboxylic acid groups (broad SMARTS) is 1. The first-order valence-corrected chi connectivity index (χ1v) is 10.6. The number of halogens is 2. The van der Waals surface area contributed by atoms with Crippen LogP contribution in [-0.4, -0.2) is 34.8 Å². The number of carbonyl (C=O) groups excluding carboxylic acids is 1. The molecule has 0 fully saturated rings. The first-order chi connectivity index (χ1) is 16.9. The number of oxime groups is 1. The molecule has 5 rings (SSSR count). The van der Waals surface area contributed by atoms with E-state index >= 15 is 0 Å². The van der Waals surface area contributed by atoms with Crippen molar-refractivity contribution in [2.24, 2.45) is 5.16 Å². The Morgan fingerprint density at radius 3 is 2.83 bits per heavy atom. The van der Waals surface area contributed by atoms with Crippen molar-refractivity contribution in [1.29, 1.82) is 0 Å². The molecule has 0 unspecified atom stereocenters. The smallest absolute Gasteiger partial charge is 0.353 e. The summed E-state index contributed by atoms with van der Waals surface area (Å²) in [5, 5.41) is 14.3. The summed E-state index contributed by atoms with van der Waals surface area (Å²) in [7, 11) is 1.37. The standard InChI is InChI=1S/C26H18F2N2O5/c1-34-29-12-14-6-7-18(27)15(10-14)13-30-20-11-19(28)16-8-9-35-25(16)23(20)22(24(30)26(32)33)17-4-2-3-5-21(17)31/h2-4,6-12H,5,13H2,1H3,(H,32,33)/b29-12+. The van der Waals surface area contributed by atoms with E-state index in [0.717, 1.165) is 0 Å². The summed E-state index contributed by atoms with van der Waals surface area (Å²) in [5.74, 6) is -2.86. The second-order valence-electron chi connectivity index (χ2n) is 7.93. The van der Waals surface area contributed by atoms with Crippen molar-refractivity contribution >= 4 is 45.4 Å². The van der Waals surface area contributed by atoms with Crippen molar-refractivity contribution in [1.82, 2.24) is 4.57 Å². The van der Waals surface area contributed by atoms with E-state index < -0.39 is 17.6 Å². The van der Waals surface area contributed by atoms with E-state index in [1.165, 1.54) is 60.6 Å². The summed E-state index contributed by atoms with van der Waals surface area (Å²) in [4.78, 5) is 30.0. The Balaban J connectivity index is 1.85. The van der Waals surface area contributed by atoms with Gasteiger partial charge in [0.2, 0.25) is 0 Å². The van der Waals surface area contributed by atoms with Gasteiger partial charge in [-0.05, 0) is 29.8 Å². The molecule has 1 aliphatic carbocycles. The quantitative estimate of drug-likeness (QED) is 0.301. The van der Waals surface area contributed by atoms with Crippen LogP contribution >= 0.6 is 0 Å². The van der Waals surface area contributed by atoms with E-state index in [9.17, 15) is 23.5 Å². The van der Waals surface area contributed by atoms with Gasteiger partial charge in [-0.15, -0.1) is 0 Å². The summed E-state index contributed by atoms with van der Waals surface area (Å²) < 4.78 is 36.7. The molecule has 176 valence electrons. The number of furan rings is 1. The molecule has 2 aromatic heterocycles. The fraction of sp³-hybridized carbons (Fsp3) is 0.115. The maximum absolute atomic E-state index is 15.0. The maximum atomic E-state index is 15.0. The molecule has 0 atom stereocenters. The van der Waals surface area contributed by atoms with E-state index in [1.807, 2.05) is 0 Å². The van der Waals surface area contributed by atoms with Gasteiger partial charge >= 0.3 is 5.97 Å². The van der Waals surface area contributed by atoms with Gasteiger partial charge in [-0.2, -0.15) is 0 Å². The third kappa shape index (κ3) is 3.71. The minimum atomic E-state index is -1.35. The highest BCUT2D eigenvalue weighted by Crippen LogP contribution is 2.40. The van der Waals surface area contributed by atoms with Crippen molar-refractivity contribution in [3.05, 3.63) is 88.8 Å². The van der Waals surface area contributed by atoms with Crippen LogP contribution in [0.4, 0.5) is 8.78 Å². The van der Waals surface area contributed by atoms with Crippen LogP contribution in [0.1, 0.15) is 33.6 Å². The Morgan fingerprint density at radius 1 is 1.26 bits per heavy atom. The molecule has 7 nitrogen and oxygen atoms in total. The molecule has 0 saturated heterocycles. The van der Waals surface area contributed by atoms with Gasteiger partial charge in [0, 0.05) is 23.1 Å². The average molecular weight is 476 g/mol. The number of hydrogen-bond donors (Lipinski definition) is 1. The lowest BCUT2D eigenvalue weighted by Gasteiger charge is -2.12. The molecule has 35 heavy (non-hydrogen) atoms. The number of hydrogen-bond acceptors (Lipinski definition) is 5. The highest BCUT2D eigenvalue weighted by Gasteiger charge is 2.31. The van der Waals surface area contributed by atoms with Gasteiger partial charge in [0.1, 0.15) is 30.0 Å². The van der Waals surface area contributed by atoms with Gasteiger partial charge in [-0.25, -0.2) is 13.6 Å². The predicted octanol–water partition coefficient (Wildman–Crippen LogP) is 5.30. The number of benzene rings is 2. The van der Waals surface area contributed by atoms with Gasteiger partial charge < -0.3 is 18.9 Å². The molecule has 1 aliphatic rings. The third-order valence-electron chi connectivity index (χ3n) is 5.90. The lowest BCUT2D eigenvalue weighted by atomic mass is 9.93. The topological polar surface area (TPSA) is 94.0 Å². The monoisotopic (exact) mass is 476 g/mol. The van der Waals surface area contributed by atoms with Crippen molar-refractivity contribution in [3.63, 3.8) is 0 Å². The average Bonchev–Trinajstić information content (AvgIpc) is 3.44. The van der Waals surface area contributed by atoms with E-state index in [1.54, 1.807) is 12.2 Å². The number of Topliss-reactive ketones (excluding diaryl/α,β-unsaturated/α-hetero) is 1. The fourth-order valence-corrected chi connectivity index (χ4v) is 4.40. The SMILES string of the molecule is CO/N=C/c1ccc(F)c(Cn2c(C(=O)O)c(C3=CC=CCC3=O)c3c4occc4c(F)cc32)c1. The number of nitrogens with zero attached hydrogens (tertiary/aromatic N) is 2. The van der Waals surface area contributed by atoms with Crippen LogP contribution in [0.25, 0.3) is 27.4 Å². The van der Waals surface area contributed by atoms with E-state index in [0.29, 0.717) is 5.56 Å². The first kappa shape index (κ1) is 22.3. The number of allylic oxidation sites excluding steroid dienone is 4. The van der Waals surface area contributed by atoms with Crippen LogP contribution in [-0.2, 0) is 16.2 Å². The molecule has 9 heteroatoms. The van der Waals surface area contributed by atoms with Crippen LogP contribution in [0, 0.1) is 11.6 Å². The lowest BCUT2D eigenvalue weighted by Crippen LogP contribution is -2.14. The largest absolute Gasteiger partial charge is 0.477 e. The number of rotatable bonds is 6. The molecule has 2 aromatic carbocycles. The second kappa shape index (κ2) is 8.68. The first-order valence-electron chi connectivity index (χ1n) is 10.6. The molecule has 0 spiro atoms. The molecule has 0 radical (unpaired) electrons. The molecular weight excluding hydrogens is 458 g/mol. The molecule has 2 heterocycles. The van der Waals surface area contributed by atoms with Crippen LogP contribution in [0.15, 0.2) is 64.4 Å². The Hall–Kier alpha value is -4.53. The van der Waals surface area contributed by atoms with Gasteiger partial charge in [0.25, 0.3) is 0 Å². The maximum Gasteiger partial charge on any atom is 0.353 e. The molecule has 0 saturated carbocycles. The summed E-state index contributed by atoms with van der Waals surface area (Å²) in [5.41, 5.74) is 0.940. The molecule has 0 bridgehead atoms. The predicted molar refractivity (Wildman–Crippen MR) is 125 cm³/mol. The zero-order valence-corrected chi connectivity index (χ0v) is 18.4. The second-order valence-corrected chi connectivity index (χ2v) is 7.93. The molecule has 0 aliphatic heterocycles. The summed E-state index contributed by atoms with van der Waals surface area (Å²) >= 11 is 0. The van der Waals surface area contributed by atoms with Gasteiger partial charge in [0.05, 0.1) is 35.3 Å². The zero-order chi connectivity index (χ0) is 24.7. The Kier molecular flexibility index (Phi) is 5.52. The molecule has 4 aromatic rings. The Morgan fingerprint density at radius 2 is 2.09 bits per heavy atom. The minimum absolute atomic E-state index is 0.0928. The normalized spacial score (nSPS) is 13.8. The van der Waals surface area contributed by atoms with Crippen LogP contribution in [0.5, 0.6) is 0 Å². The number of aromatic carboxylic acids is 1. The third-order valence-corrected chi connectivity index (χ3v) is 5.90. The van der Waals surface area contributed by atoms with Crippen molar-refractivity contribution in [2.75, 3.05) is 7.11 Å². The minimum Gasteiger partial charge on any atom is -0.477 e.